The van der Waals surface area contributed by atoms with Gasteiger partial charge in [-0.2, -0.15) is 5.10 Å². The van der Waals surface area contributed by atoms with Crippen LogP contribution in [-0.2, 0) is 29.7 Å². The van der Waals surface area contributed by atoms with Gasteiger partial charge in [-0.15, -0.1) is 0 Å². The van der Waals surface area contributed by atoms with Crippen molar-refractivity contribution in [1.82, 2.24) is 29.8 Å². The number of fused-ring (bicyclic) bond motifs is 1. The monoisotopic (exact) mass is 715 g/mol. The Labute approximate surface area is 288 Å². The van der Waals surface area contributed by atoms with Gasteiger partial charge in [-0.1, -0.05) is 36.4 Å². The lowest BCUT2D eigenvalue weighted by Crippen LogP contribution is -2.52. The van der Waals surface area contributed by atoms with Gasteiger partial charge in [0.2, 0.25) is 11.8 Å². The predicted molar refractivity (Wildman–Crippen MR) is 186 cm³/mol. The number of imide groups is 1. The lowest BCUT2D eigenvalue weighted by Gasteiger charge is -2.37. The first kappa shape index (κ1) is 32.7. The van der Waals surface area contributed by atoms with Gasteiger partial charge in [0.25, 0.3) is 11.5 Å². The maximum absolute atomic E-state index is 13.1. The fourth-order valence-electron chi connectivity index (χ4n) is 7.92. The van der Waals surface area contributed by atoms with E-state index in [4.69, 9.17) is 0 Å². The Balaban J connectivity index is 0.921. The topological polar surface area (TPSA) is 120 Å². The third kappa shape index (κ3) is 6.70. The Morgan fingerprint density at radius 3 is 2.44 bits per heavy atom. The molecule has 4 aliphatic heterocycles. The van der Waals surface area contributed by atoms with E-state index in [0.717, 1.165) is 63.2 Å². The molecule has 5 heterocycles. The molecule has 11 nitrogen and oxygen atoms in total. The van der Waals surface area contributed by atoms with E-state index in [2.05, 4.69) is 84.9 Å². The second-order valence-corrected chi connectivity index (χ2v) is 14.7. The SMILES string of the molecule is CN1C[C@@H](Nc2cnn(C)c(=O)c2Br)C[C@@H](c2ccc(CN3CCC(c4ccc5c(c4)CN(C4CCC(=O)NC4=O)C5=O)CC3)cc2)C1. The number of hydrogen-bond donors (Lipinski definition) is 2. The Morgan fingerprint density at radius 2 is 1.69 bits per heavy atom. The Bertz CT molecular complexity index is 1790. The summed E-state index contributed by atoms with van der Waals surface area (Å²) in [5.41, 5.74) is 6.15. The molecule has 2 aromatic carbocycles. The molecule has 3 saturated heterocycles. The molecule has 0 bridgehead atoms. The van der Waals surface area contributed by atoms with E-state index >= 15 is 0 Å². The number of halogens is 1. The van der Waals surface area contributed by atoms with Crippen LogP contribution in [0.25, 0.3) is 0 Å². The van der Waals surface area contributed by atoms with Crippen LogP contribution in [0, 0.1) is 0 Å². The lowest BCUT2D eigenvalue weighted by atomic mass is 9.87. The number of nitrogens with zero attached hydrogens (tertiary/aromatic N) is 5. The highest BCUT2D eigenvalue weighted by molar-refractivity contribution is 9.10. The quantitative estimate of drug-likeness (QED) is 0.357. The van der Waals surface area contributed by atoms with E-state index in [-0.39, 0.29) is 35.7 Å². The predicted octanol–water partition coefficient (Wildman–Crippen LogP) is 3.58. The molecular formula is C36H42BrN7O4. The van der Waals surface area contributed by atoms with Crippen molar-refractivity contribution in [1.29, 1.82) is 0 Å². The molecule has 1 unspecified atom stereocenters. The van der Waals surface area contributed by atoms with Crippen LogP contribution in [0.3, 0.4) is 0 Å². The second-order valence-electron chi connectivity index (χ2n) is 13.9. The minimum absolute atomic E-state index is 0.120. The molecule has 48 heavy (non-hydrogen) atoms. The Kier molecular flexibility index (Phi) is 9.23. The van der Waals surface area contributed by atoms with Crippen LogP contribution in [0.15, 0.2) is 57.9 Å². The second kappa shape index (κ2) is 13.6. The molecule has 12 heteroatoms. The zero-order valence-corrected chi connectivity index (χ0v) is 29.0. The Hall–Kier alpha value is -3.87. The number of likely N-dealkylation sites (tertiary alicyclic amines) is 2. The number of aryl methyl sites for hydroxylation is 1. The summed E-state index contributed by atoms with van der Waals surface area (Å²) in [7, 11) is 3.80. The van der Waals surface area contributed by atoms with Crippen molar-refractivity contribution in [3.63, 3.8) is 0 Å². The fourth-order valence-corrected chi connectivity index (χ4v) is 8.40. The molecule has 3 fully saturated rings. The number of likely N-dealkylation sites (N-methyl/N-ethyl adjacent to an activating group) is 1. The molecule has 7 rings (SSSR count). The third-order valence-corrected chi connectivity index (χ3v) is 11.3. The molecular weight excluding hydrogens is 674 g/mol. The number of nitrogens with one attached hydrogen (secondary N) is 2. The molecule has 3 atom stereocenters. The first-order chi connectivity index (χ1) is 23.1. The maximum atomic E-state index is 13.1. The van der Waals surface area contributed by atoms with Gasteiger partial charge in [-0.25, -0.2) is 4.68 Å². The van der Waals surface area contributed by atoms with Crippen molar-refractivity contribution in [2.24, 2.45) is 7.05 Å². The highest BCUT2D eigenvalue weighted by Crippen LogP contribution is 2.34. The van der Waals surface area contributed by atoms with Gasteiger partial charge in [0.1, 0.15) is 10.5 Å². The summed E-state index contributed by atoms with van der Waals surface area (Å²) >= 11 is 3.44. The molecule has 3 amide bonds. The van der Waals surface area contributed by atoms with Crippen molar-refractivity contribution in [3.8, 4) is 0 Å². The largest absolute Gasteiger partial charge is 0.379 e. The number of rotatable bonds is 7. The normalized spacial score (nSPS) is 24.1. The van der Waals surface area contributed by atoms with Gasteiger partial charge in [-0.05, 0) is 102 Å². The van der Waals surface area contributed by atoms with E-state index in [1.54, 1.807) is 18.1 Å². The van der Waals surface area contributed by atoms with E-state index in [1.807, 2.05) is 6.07 Å². The number of amides is 3. The van der Waals surface area contributed by atoms with Gasteiger partial charge < -0.3 is 15.1 Å². The first-order valence-corrected chi connectivity index (χ1v) is 17.7. The summed E-state index contributed by atoms with van der Waals surface area (Å²) in [6.45, 7) is 5.26. The lowest BCUT2D eigenvalue weighted by molar-refractivity contribution is -0.136. The van der Waals surface area contributed by atoms with Crippen LogP contribution in [0.4, 0.5) is 5.69 Å². The molecule has 0 radical (unpaired) electrons. The van der Waals surface area contributed by atoms with Gasteiger partial charge in [0.05, 0.1) is 11.9 Å². The summed E-state index contributed by atoms with van der Waals surface area (Å²) in [5.74, 6) is 0.0669. The summed E-state index contributed by atoms with van der Waals surface area (Å²) in [6, 6.07) is 14.9. The molecule has 0 spiro atoms. The summed E-state index contributed by atoms with van der Waals surface area (Å²) in [5, 5.41) is 10.1. The highest BCUT2D eigenvalue weighted by atomic mass is 79.9. The smallest absolute Gasteiger partial charge is 0.282 e. The standard InChI is InChI=1S/C36H42BrN7O4/c1-41-19-26(16-28(21-41)39-30-17-38-42(2)36(48)33(30)37)23-5-3-22(4-6-23)18-43-13-11-24(12-14-43)25-7-8-29-27(15-25)20-44(35(29)47)31-9-10-32(45)40-34(31)46/h3-8,15,17,24,26,28,31,39H,9-14,16,18-21H2,1-2H3,(H,40,45,46)/t26-,28+,31?/m1/s1. The number of carbonyl (C=O) groups is 3. The number of aromatic nitrogens is 2. The molecule has 252 valence electrons. The highest BCUT2D eigenvalue weighted by Gasteiger charge is 2.39. The van der Waals surface area contributed by atoms with Gasteiger partial charge >= 0.3 is 0 Å². The van der Waals surface area contributed by atoms with Crippen molar-refractivity contribution >= 4 is 39.3 Å². The minimum Gasteiger partial charge on any atom is -0.379 e. The zero-order chi connectivity index (χ0) is 33.5. The molecule has 1 aromatic heterocycles. The van der Waals surface area contributed by atoms with Crippen LogP contribution < -0.4 is 16.2 Å². The van der Waals surface area contributed by atoms with Crippen molar-refractivity contribution < 1.29 is 14.4 Å². The van der Waals surface area contributed by atoms with Gasteiger partial charge in [0.15, 0.2) is 0 Å². The van der Waals surface area contributed by atoms with Crippen molar-refractivity contribution in [3.05, 3.63) is 91.3 Å². The van der Waals surface area contributed by atoms with Crippen LogP contribution >= 0.6 is 15.9 Å². The van der Waals surface area contributed by atoms with Crippen molar-refractivity contribution in [2.45, 2.75) is 69.1 Å². The number of hydrogen-bond acceptors (Lipinski definition) is 8. The molecule has 2 N–H and O–H groups in total. The van der Waals surface area contributed by atoms with Crippen LogP contribution in [-0.4, -0.2) is 87.5 Å². The van der Waals surface area contributed by atoms with Crippen molar-refractivity contribution in [2.75, 3.05) is 38.5 Å². The van der Waals surface area contributed by atoms with Gasteiger partial charge in [0, 0.05) is 51.3 Å². The molecule has 3 aromatic rings. The molecule has 0 aliphatic carbocycles. The number of carbonyl (C=O) groups excluding carboxylic acids is 3. The van der Waals surface area contributed by atoms with Crippen LogP contribution in [0.2, 0.25) is 0 Å². The molecule has 0 saturated carbocycles. The van der Waals surface area contributed by atoms with E-state index in [9.17, 15) is 19.2 Å². The number of anilines is 1. The number of benzene rings is 2. The average Bonchev–Trinajstić information content (AvgIpc) is 3.40. The fraction of sp³-hybridized carbons (Fsp3) is 0.472. The van der Waals surface area contributed by atoms with Crippen LogP contribution in [0.1, 0.15) is 76.6 Å². The maximum Gasteiger partial charge on any atom is 0.282 e. The van der Waals surface area contributed by atoms with E-state index < -0.39 is 6.04 Å². The average molecular weight is 717 g/mol. The summed E-state index contributed by atoms with van der Waals surface area (Å²) < 4.78 is 1.84. The first-order valence-electron chi connectivity index (χ1n) is 16.9. The third-order valence-electron chi connectivity index (χ3n) is 10.5. The zero-order valence-electron chi connectivity index (χ0n) is 27.5. The van der Waals surface area contributed by atoms with E-state index in [0.29, 0.717) is 34.8 Å². The summed E-state index contributed by atoms with van der Waals surface area (Å²) in [6.07, 6.45) is 5.44. The summed E-state index contributed by atoms with van der Waals surface area (Å²) in [4.78, 5) is 55.9. The molecule has 4 aliphatic rings. The minimum atomic E-state index is -0.584. The Morgan fingerprint density at radius 1 is 0.938 bits per heavy atom. The van der Waals surface area contributed by atoms with Gasteiger partial charge in [-0.3, -0.25) is 29.4 Å². The van der Waals surface area contributed by atoms with Crippen LogP contribution in [0.5, 0.6) is 0 Å². The number of piperidine rings is 3. The van der Waals surface area contributed by atoms with E-state index in [1.165, 1.54) is 21.4 Å².